The number of anilines is 3. The summed E-state index contributed by atoms with van der Waals surface area (Å²) in [6.07, 6.45) is 0. The smallest absolute Gasteiger partial charge is 0.0541 e. The molecule has 0 unspecified atom stereocenters. The minimum Gasteiger partial charge on any atom is -0.311 e. The number of aromatic nitrogens is 1. The lowest BCUT2D eigenvalue weighted by molar-refractivity contribution is 1.18. The molecule has 1 aromatic heterocycles. The Bertz CT molecular complexity index is 3550. The second kappa shape index (κ2) is 14.8. The topological polar surface area (TPSA) is 8.17 Å². The first-order valence-corrected chi connectivity index (χ1v) is 21.3. The van der Waals surface area contributed by atoms with Gasteiger partial charge in [-0.15, -0.1) is 0 Å². The van der Waals surface area contributed by atoms with E-state index in [1.54, 1.807) is 0 Å². The molecule has 0 atom stereocenters. The van der Waals surface area contributed by atoms with E-state index in [1.807, 2.05) is 0 Å². The maximum atomic E-state index is 2.39. The average Bonchev–Trinajstić information content (AvgIpc) is 3.68. The highest BCUT2D eigenvalue weighted by Gasteiger charge is 2.17. The molecule has 0 aliphatic rings. The quantitative estimate of drug-likeness (QED) is 0.146. The zero-order valence-corrected chi connectivity index (χ0v) is 34.0. The van der Waals surface area contributed by atoms with Crippen LogP contribution in [0.15, 0.2) is 243 Å². The Morgan fingerprint density at radius 1 is 0.226 bits per heavy atom. The molecule has 12 aromatic rings. The van der Waals surface area contributed by atoms with Crippen molar-refractivity contribution < 1.29 is 0 Å². The number of para-hydroxylation sites is 2. The number of nitrogens with zero attached hydrogens (tertiary/aromatic N) is 2. The van der Waals surface area contributed by atoms with Gasteiger partial charge in [-0.25, -0.2) is 0 Å². The summed E-state index contributed by atoms with van der Waals surface area (Å²) in [4.78, 5) is 2.34. The van der Waals surface area contributed by atoms with Crippen molar-refractivity contribution in [1.29, 1.82) is 0 Å². The van der Waals surface area contributed by atoms with Crippen LogP contribution in [0.1, 0.15) is 0 Å². The average molecular weight is 789 g/mol. The maximum Gasteiger partial charge on any atom is 0.0541 e. The van der Waals surface area contributed by atoms with E-state index in [1.165, 1.54) is 87.5 Å². The van der Waals surface area contributed by atoms with Crippen molar-refractivity contribution in [2.24, 2.45) is 0 Å². The van der Waals surface area contributed by atoms with Crippen molar-refractivity contribution in [1.82, 2.24) is 4.57 Å². The van der Waals surface area contributed by atoms with Gasteiger partial charge < -0.3 is 9.47 Å². The zero-order valence-electron chi connectivity index (χ0n) is 34.0. The monoisotopic (exact) mass is 788 g/mol. The second-order valence-corrected chi connectivity index (χ2v) is 16.1. The molecule has 0 radical (unpaired) electrons. The van der Waals surface area contributed by atoms with Crippen LogP contribution in [0.5, 0.6) is 0 Å². The Balaban J connectivity index is 0.915. The normalized spacial score (nSPS) is 11.5. The molecule has 0 amide bonds. The van der Waals surface area contributed by atoms with Crippen molar-refractivity contribution in [3.63, 3.8) is 0 Å². The molecule has 0 saturated heterocycles. The molecule has 62 heavy (non-hydrogen) atoms. The summed E-state index contributed by atoms with van der Waals surface area (Å²) < 4.78 is 2.39. The molecule has 2 nitrogen and oxygen atoms in total. The number of rotatable bonds is 7. The van der Waals surface area contributed by atoms with Crippen molar-refractivity contribution in [3.05, 3.63) is 243 Å². The van der Waals surface area contributed by atoms with E-state index in [2.05, 4.69) is 252 Å². The highest BCUT2D eigenvalue weighted by atomic mass is 15.1. The van der Waals surface area contributed by atoms with Gasteiger partial charge in [0.1, 0.15) is 0 Å². The van der Waals surface area contributed by atoms with E-state index in [9.17, 15) is 0 Å². The molecule has 0 N–H and O–H groups in total. The van der Waals surface area contributed by atoms with Crippen molar-refractivity contribution in [3.8, 4) is 39.1 Å². The van der Waals surface area contributed by atoms with Crippen LogP contribution in [0.3, 0.4) is 0 Å². The lowest BCUT2D eigenvalue weighted by Gasteiger charge is -2.26. The highest BCUT2D eigenvalue weighted by molar-refractivity contribution is 6.25. The van der Waals surface area contributed by atoms with Crippen LogP contribution in [0, 0.1) is 0 Å². The van der Waals surface area contributed by atoms with E-state index in [0.29, 0.717) is 0 Å². The molecule has 0 aliphatic carbocycles. The van der Waals surface area contributed by atoms with Gasteiger partial charge in [0.2, 0.25) is 0 Å². The van der Waals surface area contributed by atoms with Crippen molar-refractivity contribution in [2.45, 2.75) is 0 Å². The summed E-state index contributed by atoms with van der Waals surface area (Å²) in [7, 11) is 0. The minimum absolute atomic E-state index is 1.10. The molecule has 1 heterocycles. The van der Waals surface area contributed by atoms with Gasteiger partial charge in [0.05, 0.1) is 11.0 Å². The maximum absolute atomic E-state index is 2.39. The van der Waals surface area contributed by atoms with Gasteiger partial charge in [-0.05, 0) is 145 Å². The van der Waals surface area contributed by atoms with E-state index in [0.717, 1.165) is 22.7 Å². The van der Waals surface area contributed by atoms with Crippen LogP contribution in [-0.2, 0) is 0 Å². The summed E-state index contributed by atoms with van der Waals surface area (Å²) in [5, 5.41) is 10.2. The van der Waals surface area contributed by atoms with Crippen molar-refractivity contribution >= 4 is 71.2 Å². The van der Waals surface area contributed by atoms with Gasteiger partial charge in [-0.3, -0.25) is 0 Å². The Morgan fingerprint density at radius 2 is 0.565 bits per heavy atom. The van der Waals surface area contributed by atoms with Crippen LogP contribution in [0.2, 0.25) is 0 Å². The second-order valence-electron chi connectivity index (χ2n) is 16.1. The molecular weight excluding hydrogens is 749 g/mol. The molecule has 12 rings (SSSR count). The van der Waals surface area contributed by atoms with Gasteiger partial charge in [-0.1, -0.05) is 164 Å². The van der Waals surface area contributed by atoms with Crippen LogP contribution in [-0.4, -0.2) is 4.57 Å². The van der Waals surface area contributed by atoms with Gasteiger partial charge in [0.25, 0.3) is 0 Å². The molecule has 11 aromatic carbocycles. The summed E-state index contributed by atoms with van der Waals surface area (Å²) in [5.74, 6) is 0. The van der Waals surface area contributed by atoms with Crippen LogP contribution in [0.25, 0.3) is 93.2 Å². The lowest BCUT2D eigenvalue weighted by Crippen LogP contribution is -2.09. The standard InChI is InChI=1S/C60H40N2/c1-4-14-41(15-5-1)45-29-36-59-57(39-45)58-40-46(30-37-60(58)62(59)48-18-8-3-9-19-48)43-26-33-50(34-27-43)61(47-16-6-2-7-17-47)49-31-24-42(25-32-49)44-28-35-55-53-22-11-10-20-51(53)52-21-12-13-23-54(52)56(55)38-44/h1-40H. The molecule has 0 spiro atoms. The highest BCUT2D eigenvalue weighted by Crippen LogP contribution is 2.41. The molecule has 0 fully saturated rings. The summed E-state index contributed by atoms with van der Waals surface area (Å²) in [6.45, 7) is 0. The lowest BCUT2D eigenvalue weighted by atomic mass is 9.92. The van der Waals surface area contributed by atoms with E-state index < -0.39 is 0 Å². The fourth-order valence-corrected chi connectivity index (χ4v) is 9.59. The number of hydrogen-bond acceptors (Lipinski definition) is 1. The van der Waals surface area contributed by atoms with Gasteiger partial charge in [0, 0.05) is 33.5 Å². The number of fused-ring (bicyclic) bond motifs is 9. The minimum atomic E-state index is 1.10. The predicted octanol–water partition coefficient (Wildman–Crippen LogP) is 16.7. The molecule has 0 bridgehead atoms. The van der Waals surface area contributed by atoms with Crippen molar-refractivity contribution in [2.75, 3.05) is 4.90 Å². The van der Waals surface area contributed by atoms with E-state index >= 15 is 0 Å². The first-order chi connectivity index (χ1) is 30.7. The van der Waals surface area contributed by atoms with Gasteiger partial charge in [0.15, 0.2) is 0 Å². The Morgan fingerprint density at radius 3 is 1.06 bits per heavy atom. The summed E-state index contributed by atoms with van der Waals surface area (Å²) in [6, 6.07) is 88.3. The first-order valence-electron chi connectivity index (χ1n) is 21.3. The molecule has 0 aliphatic heterocycles. The third-order valence-corrected chi connectivity index (χ3v) is 12.6. The largest absolute Gasteiger partial charge is 0.311 e. The molecular formula is C60H40N2. The molecule has 290 valence electrons. The summed E-state index contributed by atoms with van der Waals surface area (Å²) >= 11 is 0. The third kappa shape index (κ3) is 6.04. The zero-order chi connectivity index (χ0) is 41.0. The molecule has 2 heteroatoms. The first kappa shape index (κ1) is 35.7. The SMILES string of the molecule is c1ccc(-c2ccc3c(c2)c2cc(-c4ccc(N(c5ccccc5)c5ccc(-c6ccc7c8ccccc8c8ccccc8c7c6)cc5)cc4)ccc2n3-c2ccccc2)cc1. The summed E-state index contributed by atoms with van der Waals surface area (Å²) in [5.41, 5.74) is 14.1. The Hall–Kier alpha value is -8.20. The Labute approximate surface area is 360 Å². The number of hydrogen-bond donors (Lipinski definition) is 0. The predicted molar refractivity (Wildman–Crippen MR) is 264 cm³/mol. The van der Waals surface area contributed by atoms with Crippen LogP contribution < -0.4 is 4.90 Å². The van der Waals surface area contributed by atoms with Gasteiger partial charge >= 0.3 is 0 Å². The van der Waals surface area contributed by atoms with Gasteiger partial charge in [-0.2, -0.15) is 0 Å². The van der Waals surface area contributed by atoms with E-state index in [-0.39, 0.29) is 0 Å². The fourth-order valence-electron chi connectivity index (χ4n) is 9.59. The fraction of sp³-hybridized carbons (Fsp3) is 0. The van der Waals surface area contributed by atoms with Crippen LogP contribution in [0.4, 0.5) is 17.1 Å². The van der Waals surface area contributed by atoms with E-state index in [4.69, 9.17) is 0 Å². The molecule has 0 saturated carbocycles. The number of benzene rings is 11. The third-order valence-electron chi connectivity index (χ3n) is 12.6. The van der Waals surface area contributed by atoms with Crippen LogP contribution >= 0.6 is 0 Å². The Kier molecular flexibility index (Phi) is 8.53.